The van der Waals surface area contributed by atoms with Crippen LogP contribution in [-0.2, 0) is 22.5 Å². The molecule has 182 valence electrons. The molecule has 2 aromatic carbocycles. The number of aryl methyl sites for hydroxylation is 4. The molecule has 1 unspecified atom stereocenters. The van der Waals surface area contributed by atoms with E-state index in [9.17, 15) is 4.79 Å². The van der Waals surface area contributed by atoms with Crippen molar-refractivity contribution in [2.75, 3.05) is 19.8 Å². The predicted octanol–water partition coefficient (Wildman–Crippen LogP) is 5.13. The standard InChI is InChI=1S/C28H37N3O3/c1-21-14-15-22(2)26(20-21)34-19-9-17-31-24-11-6-5-10-23(24)30-27(31)13-4-3-7-16-29-28(32)25-12-8-18-33-25/h5-6,10-11,14-15,20,25H,3-4,7-9,12-13,16-19H2,1-2H3,(H,29,32). The molecule has 0 saturated carbocycles. The summed E-state index contributed by atoms with van der Waals surface area (Å²) in [5.74, 6) is 2.15. The molecule has 6 heteroatoms. The Kier molecular flexibility index (Phi) is 8.58. The number of rotatable bonds is 12. The van der Waals surface area contributed by atoms with Crippen LogP contribution < -0.4 is 10.1 Å². The lowest BCUT2D eigenvalue weighted by Gasteiger charge is -2.12. The van der Waals surface area contributed by atoms with E-state index in [1.807, 2.05) is 6.07 Å². The zero-order chi connectivity index (χ0) is 23.8. The lowest BCUT2D eigenvalue weighted by atomic mass is 10.1. The molecular weight excluding hydrogens is 426 g/mol. The maximum Gasteiger partial charge on any atom is 0.249 e. The molecule has 1 aliphatic rings. The number of unbranched alkanes of at least 4 members (excludes halogenated alkanes) is 2. The zero-order valence-electron chi connectivity index (χ0n) is 20.5. The molecule has 1 atom stereocenters. The van der Waals surface area contributed by atoms with Crippen molar-refractivity contribution in [3.05, 3.63) is 59.4 Å². The molecule has 0 spiro atoms. The van der Waals surface area contributed by atoms with Gasteiger partial charge in [-0.2, -0.15) is 0 Å². The van der Waals surface area contributed by atoms with Gasteiger partial charge in [0.1, 0.15) is 17.7 Å². The number of carbonyl (C=O) groups is 1. The van der Waals surface area contributed by atoms with Gasteiger partial charge in [-0.1, -0.05) is 30.7 Å². The van der Waals surface area contributed by atoms with Gasteiger partial charge in [0.2, 0.25) is 5.91 Å². The number of nitrogens with zero attached hydrogens (tertiary/aromatic N) is 2. The molecule has 0 aliphatic carbocycles. The Morgan fingerprint density at radius 3 is 2.88 bits per heavy atom. The third kappa shape index (κ3) is 6.38. The summed E-state index contributed by atoms with van der Waals surface area (Å²) in [5, 5.41) is 3.01. The fraction of sp³-hybridized carbons (Fsp3) is 0.500. The second-order valence-corrected chi connectivity index (χ2v) is 9.24. The molecule has 0 radical (unpaired) electrons. The van der Waals surface area contributed by atoms with Crippen molar-refractivity contribution in [3.63, 3.8) is 0 Å². The first-order chi connectivity index (χ1) is 16.6. The minimum atomic E-state index is -0.237. The summed E-state index contributed by atoms with van der Waals surface area (Å²) in [6, 6.07) is 14.7. The van der Waals surface area contributed by atoms with Crippen LogP contribution >= 0.6 is 0 Å². The van der Waals surface area contributed by atoms with Gasteiger partial charge < -0.3 is 19.4 Å². The Labute approximate surface area is 202 Å². The van der Waals surface area contributed by atoms with E-state index >= 15 is 0 Å². The number of benzene rings is 2. The van der Waals surface area contributed by atoms with Gasteiger partial charge in [0, 0.05) is 26.1 Å². The minimum absolute atomic E-state index is 0.0439. The highest BCUT2D eigenvalue weighted by molar-refractivity contribution is 5.80. The first-order valence-corrected chi connectivity index (χ1v) is 12.7. The van der Waals surface area contributed by atoms with E-state index in [1.165, 1.54) is 16.6 Å². The van der Waals surface area contributed by atoms with Gasteiger partial charge in [-0.3, -0.25) is 4.79 Å². The molecule has 4 rings (SSSR count). The van der Waals surface area contributed by atoms with Gasteiger partial charge in [0.25, 0.3) is 0 Å². The van der Waals surface area contributed by atoms with Gasteiger partial charge in [-0.15, -0.1) is 0 Å². The van der Waals surface area contributed by atoms with Crippen molar-refractivity contribution in [1.82, 2.24) is 14.9 Å². The highest BCUT2D eigenvalue weighted by atomic mass is 16.5. The average molecular weight is 464 g/mol. The monoisotopic (exact) mass is 463 g/mol. The van der Waals surface area contributed by atoms with Gasteiger partial charge >= 0.3 is 0 Å². The number of hydrogen-bond acceptors (Lipinski definition) is 4. The summed E-state index contributed by atoms with van der Waals surface area (Å²) < 4.78 is 13.9. The number of imidazole rings is 1. The fourth-order valence-corrected chi connectivity index (χ4v) is 4.53. The maximum atomic E-state index is 12.0. The lowest BCUT2D eigenvalue weighted by molar-refractivity contribution is -0.130. The Morgan fingerprint density at radius 2 is 2.03 bits per heavy atom. The number of carbonyl (C=O) groups excluding carboxylic acids is 1. The summed E-state index contributed by atoms with van der Waals surface area (Å²) in [6.07, 6.45) is 6.54. The van der Waals surface area contributed by atoms with E-state index in [2.05, 4.69) is 60.1 Å². The summed E-state index contributed by atoms with van der Waals surface area (Å²) in [5.41, 5.74) is 4.63. The number of hydrogen-bond donors (Lipinski definition) is 1. The number of aromatic nitrogens is 2. The lowest BCUT2D eigenvalue weighted by Crippen LogP contribution is -2.34. The van der Waals surface area contributed by atoms with Crippen molar-refractivity contribution in [3.8, 4) is 5.75 Å². The molecule has 1 amide bonds. The van der Waals surface area contributed by atoms with Gasteiger partial charge in [-0.25, -0.2) is 4.98 Å². The third-order valence-electron chi connectivity index (χ3n) is 6.46. The zero-order valence-corrected chi connectivity index (χ0v) is 20.5. The SMILES string of the molecule is Cc1ccc(C)c(OCCCn2c(CCCCCNC(=O)C3CCCO3)nc3ccccc32)c1. The van der Waals surface area contributed by atoms with Crippen molar-refractivity contribution in [1.29, 1.82) is 0 Å². The average Bonchev–Trinajstić information content (AvgIpc) is 3.49. The highest BCUT2D eigenvalue weighted by Crippen LogP contribution is 2.21. The van der Waals surface area contributed by atoms with E-state index in [-0.39, 0.29) is 12.0 Å². The summed E-state index contributed by atoms with van der Waals surface area (Å²) in [4.78, 5) is 16.9. The molecule has 6 nitrogen and oxygen atoms in total. The first-order valence-electron chi connectivity index (χ1n) is 12.7. The smallest absolute Gasteiger partial charge is 0.249 e. The van der Waals surface area contributed by atoms with Gasteiger partial charge in [-0.05, 0) is 75.3 Å². The molecule has 2 heterocycles. The van der Waals surface area contributed by atoms with Crippen LogP contribution in [0.4, 0.5) is 0 Å². The van der Waals surface area contributed by atoms with Crippen LogP contribution in [0.2, 0.25) is 0 Å². The Hall–Kier alpha value is -2.86. The summed E-state index contributed by atoms with van der Waals surface area (Å²) >= 11 is 0. The van der Waals surface area contributed by atoms with Crippen LogP contribution in [0.1, 0.15) is 55.5 Å². The Balaban J connectivity index is 1.25. The van der Waals surface area contributed by atoms with E-state index in [0.717, 1.165) is 68.6 Å². The molecular formula is C28H37N3O3. The van der Waals surface area contributed by atoms with E-state index in [4.69, 9.17) is 14.5 Å². The second-order valence-electron chi connectivity index (χ2n) is 9.24. The molecule has 0 bridgehead atoms. The number of nitrogens with one attached hydrogen (secondary N) is 1. The number of fused-ring (bicyclic) bond motifs is 1. The molecule has 1 fully saturated rings. The van der Waals surface area contributed by atoms with Crippen molar-refractivity contribution < 1.29 is 14.3 Å². The van der Waals surface area contributed by atoms with Crippen LogP contribution in [0.25, 0.3) is 11.0 Å². The highest BCUT2D eigenvalue weighted by Gasteiger charge is 2.22. The maximum absolute atomic E-state index is 12.0. The van der Waals surface area contributed by atoms with Gasteiger partial charge in [0.15, 0.2) is 0 Å². The van der Waals surface area contributed by atoms with Crippen LogP contribution in [0.3, 0.4) is 0 Å². The van der Waals surface area contributed by atoms with Crippen LogP contribution in [0, 0.1) is 13.8 Å². The Morgan fingerprint density at radius 1 is 1.15 bits per heavy atom. The number of para-hydroxylation sites is 2. The molecule has 1 saturated heterocycles. The van der Waals surface area contributed by atoms with Crippen molar-refractivity contribution in [2.24, 2.45) is 0 Å². The number of amides is 1. The minimum Gasteiger partial charge on any atom is -0.493 e. The summed E-state index contributed by atoms with van der Waals surface area (Å²) in [6.45, 7) is 7.17. The van der Waals surface area contributed by atoms with E-state index in [1.54, 1.807) is 0 Å². The molecule has 34 heavy (non-hydrogen) atoms. The first kappa shape index (κ1) is 24.3. The number of ether oxygens (including phenoxy) is 2. The second kappa shape index (κ2) is 12.0. The molecule has 3 aromatic rings. The van der Waals surface area contributed by atoms with Crippen LogP contribution in [0.5, 0.6) is 5.75 Å². The largest absolute Gasteiger partial charge is 0.493 e. The van der Waals surface area contributed by atoms with E-state index in [0.29, 0.717) is 19.8 Å². The Bertz CT molecular complexity index is 1090. The predicted molar refractivity (Wildman–Crippen MR) is 135 cm³/mol. The molecule has 1 N–H and O–H groups in total. The summed E-state index contributed by atoms with van der Waals surface area (Å²) in [7, 11) is 0. The molecule has 1 aliphatic heterocycles. The van der Waals surface area contributed by atoms with Crippen LogP contribution in [0.15, 0.2) is 42.5 Å². The quantitative estimate of drug-likeness (QED) is 0.378. The van der Waals surface area contributed by atoms with Gasteiger partial charge in [0.05, 0.1) is 17.6 Å². The topological polar surface area (TPSA) is 65.4 Å². The third-order valence-corrected chi connectivity index (χ3v) is 6.46. The fourth-order valence-electron chi connectivity index (χ4n) is 4.53. The van der Waals surface area contributed by atoms with Crippen molar-refractivity contribution >= 4 is 16.9 Å². The van der Waals surface area contributed by atoms with Crippen LogP contribution in [-0.4, -0.2) is 41.3 Å². The van der Waals surface area contributed by atoms with Crippen molar-refractivity contribution in [2.45, 2.75) is 71.4 Å². The molecule has 1 aromatic heterocycles. The normalized spacial score (nSPS) is 15.6. The van der Waals surface area contributed by atoms with E-state index < -0.39 is 0 Å².